The zero-order valence-corrected chi connectivity index (χ0v) is 16.0. The van der Waals surface area contributed by atoms with Gasteiger partial charge in [-0.2, -0.15) is 0 Å². The highest BCUT2D eigenvalue weighted by Crippen LogP contribution is 2.45. The van der Waals surface area contributed by atoms with Crippen molar-refractivity contribution in [2.45, 2.75) is 6.61 Å². The Bertz CT molecular complexity index is 1070. The summed E-state index contributed by atoms with van der Waals surface area (Å²) in [6, 6.07) is 9.16. The summed E-state index contributed by atoms with van der Waals surface area (Å²) in [5.41, 5.74) is 3.20. The zero-order chi connectivity index (χ0) is 19.8. The SMILES string of the molecule is COc1ccc2nc3c(c(-c4cc(OC)c(OC)c(OC)c4)c2c1)C(=O)OC3. The van der Waals surface area contributed by atoms with Gasteiger partial charge in [0.15, 0.2) is 11.5 Å². The first-order valence-electron chi connectivity index (χ1n) is 8.59. The second kappa shape index (κ2) is 6.92. The first-order valence-corrected chi connectivity index (χ1v) is 8.59. The number of rotatable bonds is 5. The van der Waals surface area contributed by atoms with E-state index in [0.717, 1.165) is 16.5 Å². The summed E-state index contributed by atoms with van der Waals surface area (Å²) in [5.74, 6) is 1.71. The minimum atomic E-state index is -0.407. The molecule has 1 aromatic heterocycles. The number of hydrogen-bond acceptors (Lipinski definition) is 7. The molecule has 0 bridgehead atoms. The Balaban J connectivity index is 2.11. The van der Waals surface area contributed by atoms with Crippen LogP contribution in [0.1, 0.15) is 16.1 Å². The third kappa shape index (κ3) is 2.67. The van der Waals surface area contributed by atoms with Gasteiger partial charge in [-0.15, -0.1) is 0 Å². The van der Waals surface area contributed by atoms with Crippen LogP contribution in [-0.2, 0) is 11.3 Å². The smallest absolute Gasteiger partial charge is 0.341 e. The fourth-order valence-electron chi connectivity index (χ4n) is 3.48. The molecule has 0 aliphatic carbocycles. The summed E-state index contributed by atoms with van der Waals surface area (Å²) in [4.78, 5) is 17.1. The minimum Gasteiger partial charge on any atom is -0.497 e. The number of ether oxygens (including phenoxy) is 5. The average Bonchev–Trinajstić information content (AvgIpc) is 3.10. The maximum Gasteiger partial charge on any atom is 0.341 e. The Morgan fingerprint density at radius 3 is 2.21 bits per heavy atom. The van der Waals surface area contributed by atoms with Gasteiger partial charge in [0.25, 0.3) is 0 Å². The van der Waals surface area contributed by atoms with Crippen molar-refractivity contribution < 1.29 is 28.5 Å². The van der Waals surface area contributed by atoms with Crippen molar-refractivity contribution in [3.63, 3.8) is 0 Å². The minimum absolute atomic E-state index is 0.146. The molecule has 0 N–H and O–H groups in total. The Morgan fingerprint density at radius 1 is 0.893 bits per heavy atom. The molecule has 0 radical (unpaired) electrons. The predicted molar refractivity (Wildman–Crippen MR) is 103 cm³/mol. The number of methoxy groups -OCH3 is 4. The molecule has 0 saturated carbocycles. The van der Waals surface area contributed by atoms with E-state index in [1.165, 1.54) is 0 Å². The molecule has 1 aliphatic heterocycles. The Kier molecular flexibility index (Phi) is 4.43. The van der Waals surface area contributed by atoms with E-state index in [0.29, 0.717) is 39.8 Å². The van der Waals surface area contributed by atoms with Crippen LogP contribution in [0, 0.1) is 0 Å². The molecule has 2 aromatic carbocycles. The van der Waals surface area contributed by atoms with Crippen molar-refractivity contribution >= 4 is 16.9 Å². The van der Waals surface area contributed by atoms with E-state index in [4.69, 9.17) is 23.7 Å². The number of carbonyl (C=O) groups excluding carboxylic acids is 1. The van der Waals surface area contributed by atoms with Gasteiger partial charge in [0.05, 0.1) is 45.2 Å². The molecule has 0 unspecified atom stereocenters. The molecule has 0 atom stereocenters. The second-order valence-corrected chi connectivity index (χ2v) is 6.18. The number of fused-ring (bicyclic) bond motifs is 2. The summed E-state index contributed by atoms with van der Waals surface area (Å²) in [5, 5.41) is 0.770. The van der Waals surface area contributed by atoms with Crippen LogP contribution in [0.4, 0.5) is 0 Å². The van der Waals surface area contributed by atoms with Crippen LogP contribution in [0.25, 0.3) is 22.0 Å². The van der Waals surface area contributed by atoms with Gasteiger partial charge in [0.1, 0.15) is 12.4 Å². The van der Waals surface area contributed by atoms with Crippen molar-refractivity contribution in [3.8, 4) is 34.1 Å². The molecular formula is C21H19NO6. The number of pyridine rings is 1. The fraction of sp³-hybridized carbons (Fsp3) is 0.238. The molecule has 7 heteroatoms. The number of esters is 1. The quantitative estimate of drug-likeness (QED) is 0.625. The topological polar surface area (TPSA) is 76.1 Å². The maximum atomic E-state index is 12.5. The van der Waals surface area contributed by atoms with Gasteiger partial charge >= 0.3 is 5.97 Å². The molecule has 28 heavy (non-hydrogen) atoms. The van der Waals surface area contributed by atoms with Crippen LogP contribution in [0.3, 0.4) is 0 Å². The fourth-order valence-corrected chi connectivity index (χ4v) is 3.48. The standard InChI is InChI=1S/C21H19NO6/c1-24-12-5-6-14-13(9-12)18(19-15(22-14)10-28-21(19)23)11-7-16(25-2)20(27-4)17(8-11)26-3/h5-9H,10H2,1-4H3. The monoisotopic (exact) mass is 381 g/mol. The van der Waals surface area contributed by atoms with Gasteiger partial charge in [0.2, 0.25) is 5.75 Å². The molecular weight excluding hydrogens is 362 g/mol. The van der Waals surface area contributed by atoms with Gasteiger partial charge < -0.3 is 23.7 Å². The van der Waals surface area contributed by atoms with Crippen LogP contribution in [0.5, 0.6) is 23.0 Å². The second-order valence-electron chi connectivity index (χ2n) is 6.18. The number of carbonyl (C=O) groups is 1. The first kappa shape index (κ1) is 17.9. The molecule has 1 aliphatic rings. The largest absolute Gasteiger partial charge is 0.497 e. The highest BCUT2D eigenvalue weighted by atomic mass is 16.5. The van der Waals surface area contributed by atoms with Crippen molar-refractivity contribution in [1.29, 1.82) is 0 Å². The molecule has 3 aromatic rings. The number of cyclic esters (lactones) is 1. The summed E-state index contributed by atoms with van der Waals surface area (Å²) in [6.07, 6.45) is 0. The lowest BCUT2D eigenvalue weighted by molar-refractivity contribution is 0.0534. The lowest BCUT2D eigenvalue weighted by Crippen LogP contribution is -2.02. The average molecular weight is 381 g/mol. The Morgan fingerprint density at radius 2 is 1.61 bits per heavy atom. The molecule has 0 amide bonds. The van der Waals surface area contributed by atoms with E-state index < -0.39 is 5.97 Å². The molecule has 0 spiro atoms. The molecule has 0 fully saturated rings. The number of nitrogens with zero attached hydrogens (tertiary/aromatic N) is 1. The maximum absolute atomic E-state index is 12.5. The number of benzene rings is 2. The van der Waals surface area contributed by atoms with E-state index in [2.05, 4.69) is 4.98 Å². The van der Waals surface area contributed by atoms with Gasteiger partial charge in [-0.25, -0.2) is 9.78 Å². The van der Waals surface area contributed by atoms with Crippen molar-refractivity contribution in [1.82, 2.24) is 4.98 Å². The Labute approximate surface area is 161 Å². The summed E-state index contributed by atoms with van der Waals surface area (Å²) >= 11 is 0. The van der Waals surface area contributed by atoms with Crippen LogP contribution in [-0.4, -0.2) is 39.4 Å². The van der Waals surface area contributed by atoms with Gasteiger partial charge in [-0.3, -0.25) is 0 Å². The lowest BCUT2D eigenvalue weighted by Gasteiger charge is -2.16. The van der Waals surface area contributed by atoms with Crippen molar-refractivity contribution in [2.75, 3.05) is 28.4 Å². The van der Waals surface area contributed by atoms with Gasteiger partial charge in [-0.1, -0.05) is 0 Å². The highest BCUT2D eigenvalue weighted by Gasteiger charge is 2.30. The van der Waals surface area contributed by atoms with E-state index in [1.54, 1.807) is 28.4 Å². The number of aromatic nitrogens is 1. The van der Waals surface area contributed by atoms with Crippen molar-refractivity contribution in [2.24, 2.45) is 0 Å². The predicted octanol–water partition coefficient (Wildman–Crippen LogP) is 3.61. The molecule has 0 saturated heterocycles. The van der Waals surface area contributed by atoms with E-state index in [9.17, 15) is 4.79 Å². The molecule has 7 nitrogen and oxygen atoms in total. The van der Waals surface area contributed by atoms with Crippen LogP contribution in [0.15, 0.2) is 30.3 Å². The van der Waals surface area contributed by atoms with Gasteiger partial charge in [0, 0.05) is 10.9 Å². The van der Waals surface area contributed by atoms with Gasteiger partial charge in [-0.05, 0) is 35.9 Å². The normalized spacial score (nSPS) is 12.5. The van der Waals surface area contributed by atoms with E-state index >= 15 is 0 Å². The Hall–Kier alpha value is -3.48. The van der Waals surface area contributed by atoms with E-state index in [-0.39, 0.29) is 6.61 Å². The third-order valence-electron chi connectivity index (χ3n) is 4.76. The molecule has 144 valence electrons. The highest BCUT2D eigenvalue weighted by molar-refractivity contribution is 6.09. The third-order valence-corrected chi connectivity index (χ3v) is 4.76. The number of hydrogen-bond donors (Lipinski definition) is 0. The van der Waals surface area contributed by atoms with Crippen LogP contribution >= 0.6 is 0 Å². The van der Waals surface area contributed by atoms with E-state index in [1.807, 2.05) is 30.3 Å². The van der Waals surface area contributed by atoms with Crippen LogP contribution in [0.2, 0.25) is 0 Å². The molecule has 4 rings (SSSR count). The van der Waals surface area contributed by atoms with Crippen molar-refractivity contribution in [3.05, 3.63) is 41.6 Å². The first-order chi connectivity index (χ1) is 13.6. The summed E-state index contributed by atoms with van der Waals surface area (Å²) in [7, 11) is 6.23. The summed E-state index contributed by atoms with van der Waals surface area (Å²) < 4.78 is 27.0. The summed E-state index contributed by atoms with van der Waals surface area (Å²) in [6.45, 7) is 0.146. The zero-order valence-electron chi connectivity index (χ0n) is 16.0. The van der Waals surface area contributed by atoms with Crippen LogP contribution < -0.4 is 18.9 Å². The molecule has 2 heterocycles. The lowest BCUT2D eigenvalue weighted by atomic mass is 9.94.